The number of rotatable bonds is 3. The van der Waals surface area contributed by atoms with E-state index < -0.39 is 5.97 Å². The number of aryl methyl sites for hydroxylation is 1. The molecule has 1 rings (SSSR count). The first-order valence-electron chi connectivity index (χ1n) is 4.89. The lowest BCUT2D eigenvalue weighted by Gasteiger charge is -2.15. The molecule has 0 spiro atoms. The Morgan fingerprint density at radius 3 is 2.40 bits per heavy atom. The second-order valence-corrected chi connectivity index (χ2v) is 3.84. The Morgan fingerprint density at radius 1 is 1.40 bits per heavy atom. The molecule has 82 valence electrons. The van der Waals surface area contributed by atoms with Crippen LogP contribution >= 0.6 is 0 Å². The zero-order valence-electron chi connectivity index (χ0n) is 9.50. The van der Waals surface area contributed by atoms with Gasteiger partial charge in [-0.05, 0) is 24.0 Å². The second-order valence-electron chi connectivity index (χ2n) is 3.84. The van der Waals surface area contributed by atoms with Crippen molar-refractivity contribution in [1.82, 2.24) is 0 Å². The van der Waals surface area contributed by atoms with Crippen LogP contribution in [0.1, 0.15) is 41.3 Å². The van der Waals surface area contributed by atoms with E-state index in [0.717, 1.165) is 11.1 Å². The predicted molar refractivity (Wildman–Crippen MR) is 58.8 cm³/mol. The molecule has 0 fully saturated rings. The summed E-state index contributed by atoms with van der Waals surface area (Å²) in [6.45, 7) is 5.80. The molecule has 1 aromatic rings. The second kappa shape index (κ2) is 4.34. The van der Waals surface area contributed by atoms with Crippen LogP contribution in [0.5, 0.6) is 5.75 Å². The molecule has 0 saturated heterocycles. The maximum atomic E-state index is 11.1. The van der Waals surface area contributed by atoms with Gasteiger partial charge in [-0.15, -0.1) is 0 Å². The minimum absolute atomic E-state index is 0.249. The number of ether oxygens (including phenoxy) is 1. The van der Waals surface area contributed by atoms with E-state index in [9.17, 15) is 4.79 Å². The highest BCUT2D eigenvalue weighted by Gasteiger charge is 2.19. The average Bonchev–Trinajstić information content (AvgIpc) is 2.15. The van der Waals surface area contributed by atoms with Gasteiger partial charge in [0, 0.05) is 0 Å². The Balaban J connectivity index is 3.47. The zero-order chi connectivity index (χ0) is 11.6. The molecule has 15 heavy (non-hydrogen) atoms. The summed E-state index contributed by atoms with van der Waals surface area (Å²) in [5.74, 6) is -0.206. The summed E-state index contributed by atoms with van der Waals surface area (Å²) in [5, 5.41) is 9.10. The van der Waals surface area contributed by atoms with Crippen LogP contribution in [0.3, 0.4) is 0 Å². The highest BCUT2D eigenvalue weighted by atomic mass is 16.5. The maximum absolute atomic E-state index is 11.1. The summed E-state index contributed by atoms with van der Waals surface area (Å²) in [7, 11) is 1.51. The summed E-state index contributed by atoms with van der Waals surface area (Å²) in [5.41, 5.74) is 1.92. The quantitative estimate of drug-likeness (QED) is 0.830. The van der Waals surface area contributed by atoms with Gasteiger partial charge in [0.15, 0.2) is 0 Å². The van der Waals surface area contributed by atoms with Crippen LogP contribution in [0.15, 0.2) is 12.1 Å². The average molecular weight is 208 g/mol. The Kier molecular flexibility index (Phi) is 3.35. The summed E-state index contributed by atoms with van der Waals surface area (Å²) in [4.78, 5) is 11.1. The zero-order valence-corrected chi connectivity index (χ0v) is 9.50. The van der Waals surface area contributed by atoms with Gasteiger partial charge in [0.2, 0.25) is 0 Å². The number of carboxylic acid groups (broad SMARTS) is 1. The van der Waals surface area contributed by atoms with Gasteiger partial charge >= 0.3 is 5.97 Å². The van der Waals surface area contributed by atoms with Gasteiger partial charge in [0.1, 0.15) is 11.3 Å². The monoisotopic (exact) mass is 208 g/mol. The summed E-state index contributed by atoms with van der Waals surface area (Å²) >= 11 is 0. The number of carbonyl (C=O) groups is 1. The van der Waals surface area contributed by atoms with Crippen molar-refractivity contribution in [1.29, 1.82) is 0 Å². The predicted octanol–water partition coefficient (Wildman–Crippen LogP) is 2.83. The van der Waals surface area contributed by atoms with E-state index in [4.69, 9.17) is 9.84 Å². The fourth-order valence-electron chi connectivity index (χ4n) is 1.64. The summed E-state index contributed by atoms with van der Waals surface area (Å²) in [6, 6.07) is 3.74. The van der Waals surface area contributed by atoms with Crippen molar-refractivity contribution in [3.05, 3.63) is 28.8 Å². The molecule has 0 aliphatic carbocycles. The lowest BCUT2D eigenvalue weighted by molar-refractivity contribution is 0.0692. The van der Waals surface area contributed by atoms with Gasteiger partial charge in [0.25, 0.3) is 0 Å². The number of hydrogen-bond donors (Lipinski definition) is 1. The Bertz CT molecular complexity index is 381. The van der Waals surface area contributed by atoms with E-state index in [1.807, 2.05) is 26.0 Å². The first-order valence-corrected chi connectivity index (χ1v) is 4.89. The molecule has 0 radical (unpaired) electrons. The largest absolute Gasteiger partial charge is 0.496 e. The highest BCUT2D eigenvalue weighted by Crippen LogP contribution is 2.32. The molecule has 0 heterocycles. The van der Waals surface area contributed by atoms with E-state index in [1.165, 1.54) is 7.11 Å². The smallest absolute Gasteiger partial charge is 0.339 e. The molecule has 0 atom stereocenters. The first kappa shape index (κ1) is 11.6. The molecule has 0 aliphatic rings. The number of hydrogen-bond acceptors (Lipinski definition) is 2. The van der Waals surface area contributed by atoms with Gasteiger partial charge in [0.05, 0.1) is 7.11 Å². The van der Waals surface area contributed by atoms with Crippen LogP contribution in [0.2, 0.25) is 0 Å². The minimum Gasteiger partial charge on any atom is -0.496 e. The molecule has 0 aromatic heterocycles. The van der Waals surface area contributed by atoms with Crippen molar-refractivity contribution < 1.29 is 14.6 Å². The van der Waals surface area contributed by atoms with Gasteiger partial charge < -0.3 is 9.84 Å². The molecule has 0 unspecified atom stereocenters. The minimum atomic E-state index is -0.938. The molecule has 0 amide bonds. The van der Waals surface area contributed by atoms with Crippen molar-refractivity contribution in [3.8, 4) is 5.75 Å². The van der Waals surface area contributed by atoms with Crippen LogP contribution in [-0.4, -0.2) is 18.2 Å². The van der Waals surface area contributed by atoms with Gasteiger partial charge in [-0.2, -0.15) is 0 Å². The Morgan fingerprint density at radius 2 is 2.00 bits per heavy atom. The lowest BCUT2D eigenvalue weighted by Crippen LogP contribution is -2.06. The van der Waals surface area contributed by atoms with E-state index in [1.54, 1.807) is 6.92 Å². The fraction of sp³-hybridized carbons (Fsp3) is 0.417. The molecule has 0 aliphatic heterocycles. The molecule has 3 nitrogen and oxygen atoms in total. The van der Waals surface area contributed by atoms with Crippen LogP contribution in [0, 0.1) is 6.92 Å². The van der Waals surface area contributed by atoms with Gasteiger partial charge in [-0.3, -0.25) is 0 Å². The van der Waals surface area contributed by atoms with Crippen LogP contribution in [-0.2, 0) is 0 Å². The van der Waals surface area contributed by atoms with Crippen molar-refractivity contribution in [2.75, 3.05) is 7.11 Å². The molecule has 3 heteroatoms. The SMILES string of the molecule is COc1c(C(C)C)ccc(C)c1C(=O)O. The Hall–Kier alpha value is -1.51. The third-order valence-electron chi connectivity index (χ3n) is 2.44. The van der Waals surface area contributed by atoms with Crippen molar-refractivity contribution in [2.45, 2.75) is 26.7 Å². The maximum Gasteiger partial charge on any atom is 0.339 e. The molecular formula is C12H16O3. The van der Waals surface area contributed by atoms with Crippen LogP contribution in [0.4, 0.5) is 0 Å². The topological polar surface area (TPSA) is 46.5 Å². The summed E-state index contributed by atoms with van der Waals surface area (Å²) in [6.07, 6.45) is 0. The Labute approximate surface area is 89.7 Å². The number of aromatic carboxylic acids is 1. The summed E-state index contributed by atoms with van der Waals surface area (Å²) < 4.78 is 5.20. The van der Waals surface area contributed by atoms with E-state index in [-0.39, 0.29) is 11.5 Å². The molecule has 0 saturated carbocycles. The molecule has 0 bridgehead atoms. The van der Waals surface area contributed by atoms with Crippen LogP contribution < -0.4 is 4.74 Å². The third kappa shape index (κ3) is 2.12. The third-order valence-corrected chi connectivity index (χ3v) is 2.44. The van der Waals surface area contributed by atoms with E-state index in [2.05, 4.69) is 0 Å². The molecule has 1 aromatic carbocycles. The normalized spacial score (nSPS) is 10.5. The molecule has 1 N–H and O–H groups in total. The highest BCUT2D eigenvalue weighted by molar-refractivity contribution is 5.93. The van der Waals surface area contributed by atoms with E-state index in [0.29, 0.717) is 5.75 Å². The number of benzene rings is 1. The van der Waals surface area contributed by atoms with Crippen molar-refractivity contribution >= 4 is 5.97 Å². The van der Waals surface area contributed by atoms with E-state index >= 15 is 0 Å². The van der Waals surface area contributed by atoms with Crippen molar-refractivity contribution in [2.24, 2.45) is 0 Å². The number of methoxy groups -OCH3 is 1. The first-order chi connectivity index (χ1) is 6.99. The number of carboxylic acids is 1. The van der Waals surface area contributed by atoms with Gasteiger partial charge in [-0.1, -0.05) is 26.0 Å². The molecular weight excluding hydrogens is 192 g/mol. The standard InChI is InChI=1S/C12H16O3/c1-7(2)9-6-5-8(3)10(12(13)14)11(9)15-4/h5-7H,1-4H3,(H,13,14). The fourth-order valence-corrected chi connectivity index (χ4v) is 1.64. The lowest BCUT2D eigenvalue weighted by atomic mass is 9.96. The van der Waals surface area contributed by atoms with Crippen LogP contribution in [0.25, 0.3) is 0 Å². The van der Waals surface area contributed by atoms with Gasteiger partial charge in [-0.25, -0.2) is 4.79 Å². The van der Waals surface area contributed by atoms with Crippen molar-refractivity contribution in [3.63, 3.8) is 0 Å².